The summed E-state index contributed by atoms with van der Waals surface area (Å²) in [7, 11) is 1.80. The Bertz CT molecular complexity index is 249. The zero-order valence-corrected chi connectivity index (χ0v) is 9.92. The molecule has 0 saturated carbocycles. The molecule has 0 bridgehead atoms. The van der Waals surface area contributed by atoms with Crippen molar-refractivity contribution >= 4 is 6.29 Å². The van der Waals surface area contributed by atoms with Crippen molar-refractivity contribution in [2.75, 3.05) is 7.05 Å². The van der Waals surface area contributed by atoms with Crippen LogP contribution in [0.3, 0.4) is 0 Å². The van der Waals surface area contributed by atoms with Gasteiger partial charge in [-0.25, -0.2) is 0 Å². The van der Waals surface area contributed by atoms with Gasteiger partial charge >= 0.3 is 0 Å². The first kappa shape index (κ1) is 15.9. The van der Waals surface area contributed by atoms with Crippen LogP contribution < -0.4 is 5.32 Å². The summed E-state index contributed by atoms with van der Waals surface area (Å²) in [5, 5.41) is 2.89. The summed E-state index contributed by atoms with van der Waals surface area (Å²) in [4.78, 5) is 9.94. The number of nitrogens with one attached hydrogen (secondary N) is 1. The third-order valence-electron chi connectivity index (χ3n) is 1.47. The summed E-state index contributed by atoms with van der Waals surface area (Å²) in [6.45, 7) is 11.5. The van der Waals surface area contributed by atoms with Crippen LogP contribution in [0, 0.1) is 0 Å². The largest absolute Gasteiger partial charge is 0.388 e. The average Bonchev–Trinajstić information content (AvgIpc) is 2.30. The fraction of sp³-hybridized carbons (Fsp3) is 0.308. The lowest BCUT2D eigenvalue weighted by atomic mass is 10.2. The first-order valence-electron chi connectivity index (χ1n) is 5.05. The van der Waals surface area contributed by atoms with Gasteiger partial charge in [0.2, 0.25) is 0 Å². The minimum atomic E-state index is 0.448. The number of hydrogen-bond acceptors (Lipinski definition) is 2. The maximum absolute atomic E-state index is 9.94. The third kappa shape index (κ3) is 10.4. The quantitative estimate of drug-likeness (QED) is 0.536. The fourth-order valence-corrected chi connectivity index (χ4v) is 0.646. The second-order valence-electron chi connectivity index (χ2n) is 2.44. The smallest absolute Gasteiger partial charge is 0.123 e. The maximum Gasteiger partial charge on any atom is 0.123 e. The second kappa shape index (κ2) is 12.4. The molecule has 0 aliphatic heterocycles. The highest BCUT2D eigenvalue weighted by Crippen LogP contribution is 2.01. The van der Waals surface area contributed by atoms with Gasteiger partial charge in [0.1, 0.15) is 6.29 Å². The van der Waals surface area contributed by atoms with Gasteiger partial charge in [0, 0.05) is 19.2 Å². The van der Waals surface area contributed by atoms with E-state index in [4.69, 9.17) is 0 Å². The van der Waals surface area contributed by atoms with Crippen LogP contribution >= 0.6 is 0 Å². The van der Waals surface area contributed by atoms with Gasteiger partial charge in [-0.1, -0.05) is 51.3 Å². The lowest BCUT2D eigenvalue weighted by molar-refractivity contribution is -0.107. The summed E-state index contributed by atoms with van der Waals surface area (Å²) in [5.74, 6) is 0. The molecule has 0 atom stereocenters. The van der Waals surface area contributed by atoms with E-state index in [-0.39, 0.29) is 0 Å². The predicted molar refractivity (Wildman–Crippen MR) is 67.6 cm³/mol. The number of hydrogen-bond donors (Lipinski definition) is 1. The number of carbonyl (C=O) groups is 1. The Hall–Kier alpha value is -1.57. The van der Waals surface area contributed by atoms with Crippen LogP contribution in [-0.2, 0) is 4.79 Å². The van der Waals surface area contributed by atoms with Gasteiger partial charge in [-0.15, -0.1) is 0 Å². The van der Waals surface area contributed by atoms with E-state index in [2.05, 4.69) is 18.5 Å². The van der Waals surface area contributed by atoms with Gasteiger partial charge in [-0.3, -0.25) is 0 Å². The minimum Gasteiger partial charge on any atom is -0.388 e. The maximum atomic E-state index is 9.94. The van der Waals surface area contributed by atoms with Crippen LogP contribution in [0.5, 0.6) is 0 Å². The van der Waals surface area contributed by atoms with Crippen molar-refractivity contribution in [3.63, 3.8) is 0 Å². The molecule has 0 amide bonds. The van der Waals surface area contributed by atoms with E-state index in [0.29, 0.717) is 6.42 Å². The summed E-state index contributed by atoms with van der Waals surface area (Å²) < 4.78 is 0. The van der Waals surface area contributed by atoms with Crippen LogP contribution in [-0.4, -0.2) is 13.3 Å². The molecular weight excluding hydrogens is 186 g/mol. The third-order valence-corrected chi connectivity index (χ3v) is 1.47. The van der Waals surface area contributed by atoms with Crippen molar-refractivity contribution in [1.29, 1.82) is 0 Å². The van der Waals surface area contributed by atoms with Gasteiger partial charge in [-0.2, -0.15) is 0 Å². The van der Waals surface area contributed by atoms with Gasteiger partial charge in [0.25, 0.3) is 0 Å². The highest BCUT2D eigenvalue weighted by Gasteiger charge is 1.88. The number of aldehydes is 1. The van der Waals surface area contributed by atoms with Crippen LogP contribution in [0.15, 0.2) is 48.7 Å². The molecule has 0 fully saturated rings. The van der Waals surface area contributed by atoms with E-state index in [1.54, 1.807) is 13.1 Å². The first-order chi connectivity index (χ1) is 7.22. The minimum absolute atomic E-state index is 0.448. The molecule has 0 aliphatic rings. The summed E-state index contributed by atoms with van der Waals surface area (Å²) >= 11 is 0. The number of allylic oxidation sites excluding steroid dienone is 4. The lowest BCUT2D eigenvalue weighted by Crippen LogP contribution is -2.04. The van der Waals surface area contributed by atoms with Gasteiger partial charge in [-0.05, 0) is 5.57 Å². The Morgan fingerprint density at radius 2 is 1.87 bits per heavy atom. The van der Waals surface area contributed by atoms with Crippen molar-refractivity contribution in [3.05, 3.63) is 48.7 Å². The molecular formula is C13H21NO. The van der Waals surface area contributed by atoms with E-state index in [0.717, 1.165) is 17.6 Å². The van der Waals surface area contributed by atoms with Gasteiger partial charge in [0.15, 0.2) is 0 Å². The van der Waals surface area contributed by atoms with E-state index in [1.165, 1.54) is 0 Å². The monoisotopic (exact) mass is 207 g/mol. The molecule has 0 saturated heterocycles. The molecule has 0 heterocycles. The van der Waals surface area contributed by atoms with Crippen LogP contribution in [0.4, 0.5) is 0 Å². The van der Waals surface area contributed by atoms with E-state index in [9.17, 15) is 4.79 Å². The molecule has 0 aromatic rings. The highest BCUT2D eigenvalue weighted by atomic mass is 16.1. The molecule has 0 spiro atoms. The molecule has 0 unspecified atom stereocenters. The van der Waals surface area contributed by atoms with Crippen molar-refractivity contribution in [2.24, 2.45) is 0 Å². The van der Waals surface area contributed by atoms with Crippen molar-refractivity contribution in [3.8, 4) is 0 Å². The number of rotatable bonds is 6. The zero-order valence-electron chi connectivity index (χ0n) is 9.92. The van der Waals surface area contributed by atoms with Gasteiger partial charge < -0.3 is 10.1 Å². The molecule has 2 heteroatoms. The van der Waals surface area contributed by atoms with Crippen LogP contribution in [0.2, 0.25) is 0 Å². The summed E-state index contributed by atoms with van der Waals surface area (Å²) in [5.41, 5.74) is 1.62. The summed E-state index contributed by atoms with van der Waals surface area (Å²) in [6.07, 6.45) is 8.55. The van der Waals surface area contributed by atoms with Gasteiger partial charge in [0.05, 0.1) is 0 Å². The zero-order chi connectivity index (χ0) is 12.1. The van der Waals surface area contributed by atoms with E-state index < -0.39 is 0 Å². The Kier molecular flexibility index (Phi) is 13.2. The first-order valence-corrected chi connectivity index (χ1v) is 5.05. The molecule has 84 valence electrons. The van der Waals surface area contributed by atoms with Crippen molar-refractivity contribution < 1.29 is 4.79 Å². The van der Waals surface area contributed by atoms with Crippen molar-refractivity contribution in [1.82, 2.24) is 5.32 Å². The normalized spacial score (nSPS) is 9.53. The SMILES string of the molecule is C=C(/C=C\C=C/CC=O)C(=C)NC.CC. The molecule has 0 aromatic carbocycles. The Morgan fingerprint density at radius 1 is 1.27 bits per heavy atom. The molecule has 0 aliphatic carbocycles. The predicted octanol–water partition coefficient (Wildman–Crippen LogP) is 3.00. The van der Waals surface area contributed by atoms with E-state index >= 15 is 0 Å². The molecule has 0 radical (unpaired) electrons. The Balaban J connectivity index is 0. The van der Waals surface area contributed by atoms with Crippen LogP contribution in [0.25, 0.3) is 0 Å². The lowest BCUT2D eigenvalue weighted by Gasteiger charge is -2.01. The second-order valence-corrected chi connectivity index (χ2v) is 2.44. The molecule has 0 rings (SSSR count). The number of likely N-dealkylation sites (N-methyl/N-ethyl adjacent to an activating group) is 1. The number of carbonyl (C=O) groups excluding carboxylic acids is 1. The highest BCUT2D eigenvalue weighted by molar-refractivity contribution is 5.52. The summed E-state index contributed by atoms with van der Waals surface area (Å²) in [6, 6.07) is 0. The Labute approximate surface area is 93.1 Å². The average molecular weight is 207 g/mol. The Morgan fingerprint density at radius 3 is 2.33 bits per heavy atom. The van der Waals surface area contributed by atoms with Crippen LogP contribution in [0.1, 0.15) is 20.3 Å². The standard InChI is InChI=1S/C11H15NO.C2H6/c1-10(11(2)12-3)8-6-4-5-7-9-13;1-2/h4-6,8-9,12H,1-2,7H2,3H3;1-2H3/b5-4-,8-6-;. The van der Waals surface area contributed by atoms with E-state index in [1.807, 2.05) is 32.1 Å². The fourth-order valence-electron chi connectivity index (χ4n) is 0.646. The van der Waals surface area contributed by atoms with Crippen molar-refractivity contribution in [2.45, 2.75) is 20.3 Å². The molecule has 15 heavy (non-hydrogen) atoms. The molecule has 2 nitrogen and oxygen atoms in total. The topological polar surface area (TPSA) is 29.1 Å². The molecule has 1 N–H and O–H groups in total. The molecule has 0 aromatic heterocycles.